The third kappa shape index (κ3) is 4.07. The van der Waals surface area contributed by atoms with Crippen molar-refractivity contribution in [2.45, 2.75) is 31.2 Å². The smallest absolute Gasteiger partial charge is 0.393 e. The molecule has 0 saturated carbocycles. The number of pyridine rings is 1. The number of aromatic nitrogens is 3. The van der Waals surface area contributed by atoms with Gasteiger partial charge < -0.3 is 14.8 Å². The van der Waals surface area contributed by atoms with E-state index in [1.807, 2.05) is 0 Å². The van der Waals surface area contributed by atoms with Gasteiger partial charge in [0.05, 0.1) is 23.6 Å². The molecule has 3 aromatic rings. The van der Waals surface area contributed by atoms with Crippen LogP contribution in [0.4, 0.5) is 23.4 Å². The summed E-state index contributed by atoms with van der Waals surface area (Å²) in [6, 6.07) is 3.90. The highest BCUT2D eigenvalue weighted by atomic mass is 35.5. The van der Waals surface area contributed by atoms with E-state index in [1.165, 1.54) is 36.0 Å². The number of anilines is 1. The van der Waals surface area contributed by atoms with Gasteiger partial charge in [-0.15, -0.1) is 0 Å². The molecule has 7 nitrogen and oxygen atoms in total. The first-order valence-electron chi connectivity index (χ1n) is 9.64. The van der Waals surface area contributed by atoms with Crippen LogP contribution in [0, 0.1) is 12.7 Å². The lowest BCUT2D eigenvalue weighted by Crippen LogP contribution is -2.42. The molecule has 0 aliphatic carbocycles. The van der Waals surface area contributed by atoms with Crippen LogP contribution >= 0.6 is 11.6 Å². The van der Waals surface area contributed by atoms with Crippen molar-refractivity contribution in [1.82, 2.24) is 14.5 Å². The van der Waals surface area contributed by atoms with E-state index >= 15 is 0 Å². The van der Waals surface area contributed by atoms with Crippen molar-refractivity contribution in [3.8, 4) is 5.69 Å². The van der Waals surface area contributed by atoms with Crippen molar-refractivity contribution in [3.63, 3.8) is 0 Å². The molecule has 174 valence electrons. The Bertz CT molecular complexity index is 1230. The Morgan fingerprint density at radius 1 is 1.27 bits per heavy atom. The number of carbonyl (C=O) groups is 1. The van der Waals surface area contributed by atoms with Crippen LogP contribution < -0.4 is 4.90 Å². The lowest BCUT2D eigenvalue weighted by atomic mass is 9.94. The molecule has 0 radical (unpaired) electrons. The van der Waals surface area contributed by atoms with Crippen LogP contribution in [0.2, 0.25) is 5.02 Å². The molecule has 1 saturated heterocycles. The number of aliphatic hydroxyl groups is 2. The number of nitrogens with zero attached hydrogens (tertiary/aromatic N) is 4. The van der Waals surface area contributed by atoms with Gasteiger partial charge in [-0.25, -0.2) is 14.4 Å². The minimum Gasteiger partial charge on any atom is -0.393 e. The molecule has 1 aliphatic rings. The van der Waals surface area contributed by atoms with Crippen molar-refractivity contribution in [3.05, 3.63) is 70.6 Å². The minimum atomic E-state index is -4.70. The Kier molecular flexibility index (Phi) is 5.67. The summed E-state index contributed by atoms with van der Waals surface area (Å²) < 4.78 is 55.2. The number of halogens is 5. The third-order valence-electron chi connectivity index (χ3n) is 5.38. The quantitative estimate of drug-likeness (QED) is 0.552. The zero-order valence-electron chi connectivity index (χ0n) is 17.0. The van der Waals surface area contributed by atoms with Crippen molar-refractivity contribution >= 4 is 23.3 Å². The van der Waals surface area contributed by atoms with Crippen LogP contribution in [-0.4, -0.2) is 42.9 Å². The second kappa shape index (κ2) is 8.08. The molecule has 3 heterocycles. The Morgan fingerprint density at radius 3 is 2.64 bits per heavy atom. The lowest BCUT2D eigenvalue weighted by Gasteiger charge is -2.32. The SMILES string of the molecule is Cc1cc(C(F)(F)F)cc(N2C(=O)C[C@](O)(CO)[C@H]2c2nccn2-c2ccc(F)c(Cl)c2)n1. The van der Waals surface area contributed by atoms with E-state index in [9.17, 15) is 32.6 Å². The summed E-state index contributed by atoms with van der Waals surface area (Å²) in [7, 11) is 0. The Morgan fingerprint density at radius 2 is 2.00 bits per heavy atom. The van der Waals surface area contributed by atoms with Crippen molar-refractivity contribution in [2.24, 2.45) is 0 Å². The van der Waals surface area contributed by atoms with E-state index in [2.05, 4.69) is 9.97 Å². The maximum Gasteiger partial charge on any atom is 0.416 e. The Hall–Kier alpha value is -3.02. The number of benzene rings is 1. The molecular formula is C21H17ClF4N4O3. The number of amides is 1. The van der Waals surface area contributed by atoms with Crippen molar-refractivity contribution < 1.29 is 32.6 Å². The Labute approximate surface area is 189 Å². The molecule has 0 unspecified atom stereocenters. The third-order valence-corrected chi connectivity index (χ3v) is 5.67. The number of aliphatic hydroxyl groups excluding tert-OH is 1. The molecule has 2 aromatic heterocycles. The van der Waals surface area contributed by atoms with Crippen LogP contribution in [0.1, 0.15) is 29.5 Å². The predicted molar refractivity (Wildman–Crippen MR) is 109 cm³/mol. The zero-order chi connectivity index (χ0) is 24.1. The molecule has 2 N–H and O–H groups in total. The number of rotatable bonds is 4. The maximum absolute atomic E-state index is 13.6. The van der Waals surface area contributed by atoms with Crippen LogP contribution in [-0.2, 0) is 11.0 Å². The summed E-state index contributed by atoms with van der Waals surface area (Å²) in [5.41, 5.74) is -2.78. The average Bonchev–Trinajstić information content (AvgIpc) is 3.31. The van der Waals surface area contributed by atoms with E-state index in [4.69, 9.17) is 11.6 Å². The summed E-state index contributed by atoms with van der Waals surface area (Å²) in [6.45, 7) is 0.461. The van der Waals surface area contributed by atoms with Gasteiger partial charge in [-0.2, -0.15) is 13.2 Å². The van der Waals surface area contributed by atoms with E-state index in [1.54, 1.807) is 0 Å². The molecular weight excluding hydrogens is 468 g/mol. The fourth-order valence-electron chi connectivity index (χ4n) is 3.89. The zero-order valence-corrected chi connectivity index (χ0v) is 17.8. The molecule has 0 spiro atoms. The topological polar surface area (TPSA) is 91.5 Å². The van der Waals surface area contributed by atoms with Crippen LogP contribution in [0.15, 0.2) is 42.7 Å². The first-order chi connectivity index (χ1) is 15.4. The number of hydrogen-bond donors (Lipinski definition) is 2. The van der Waals surface area contributed by atoms with E-state index < -0.39 is 48.1 Å². The predicted octanol–water partition coefficient (Wildman–Crippen LogP) is 3.59. The van der Waals surface area contributed by atoms with E-state index in [-0.39, 0.29) is 22.4 Å². The van der Waals surface area contributed by atoms with Gasteiger partial charge in [-0.3, -0.25) is 9.69 Å². The number of hydrogen-bond acceptors (Lipinski definition) is 5. The maximum atomic E-state index is 13.6. The first-order valence-corrected chi connectivity index (χ1v) is 10.0. The number of alkyl halides is 3. The molecule has 2 atom stereocenters. The van der Waals surface area contributed by atoms with Gasteiger partial charge in [0.15, 0.2) is 0 Å². The van der Waals surface area contributed by atoms with Gasteiger partial charge in [-0.05, 0) is 37.3 Å². The second-order valence-electron chi connectivity index (χ2n) is 7.71. The minimum absolute atomic E-state index is 0.000489. The molecule has 1 aliphatic heterocycles. The molecule has 1 amide bonds. The standard InChI is InChI=1S/C21H17ClF4N4O3/c1-11-6-12(21(24,25)26)7-16(28-11)30-17(32)9-20(33,10-31)18(30)19-27-4-5-29(19)13-2-3-15(23)14(22)8-13/h2-8,18,31,33H,9-10H2,1H3/t18-,20+/m1/s1. The lowest BCUT2D eigenvalue weighted by molar-refractivity contribution is -0.137. The van der Waals surface area contributed by atoms with Gasteiger partial charge in [0.1, 0.15) is 29.1 Å². The van der Waals surface area contributed by atoms with Gasteiger partial charge in [0, 0.05) is 23.8 Å². The summed E-state index contributed by atoms with van der Waals surface area (Å²) in [6.07, 6.45) is -2.50. The normalized spacial score (nSPS) is 21.2. The van der Waals surface area contributed by atoms with Crippen LogP contribution in [0.25, 0.3) is 5.69 Å². The molecule has 1 fully saturated rings. The van der Waals surface area contributed by atoms with Crippen molar-refractivity contribution in [1.29, 1.82) is 0 Å². The molecule has 4 rings (SSSR count). The van der Waals surface area contributed by atoms with Crippen LogP contribution in [0.5, 0.6) is 0 Å². The molecule has 0 bridgehead atoms. The highest BCUT2D eigenvalue weighted by Gasteiger charge is 2.54. The number of carbonyl (C=O) groups excluding carboxylic acids is 1. The fraction of sp³-hybridized carbons (Fsp3) is 0.286. The van der Waals surface area contributed by atoms with Crippen molar-refractivity contribution in [2.75, 3.05) is 11.5 Å². The number of aryl methyl sites for hydroxylation is 1. The number of imidazole rings is 1. The van der Waals surface area contributed by atoms with Crippen LogP contribution in [0.3, 0.4) is 0 Å². The largest absolute Gasteiger partial charge is 0.416 e. The van der Waals surface area contributed by atoms with Gasteiger partial charge in [-0.1, -0.05) is 11.6 Å². The molecule has 12 heteroatoms. The Balaban J connectivity index is 1.90. The monoisotopic (exact) mass is 484 g/mol. The molecule has 1 aromatic carbocycles. The average molecular weight is 485 g/mol. The fourth-order valence-corrected chi connectivity index (χ4v) is 4.07. The molecule has 33 heavy (non-hydrogen) atoms. The van der Waals surface area contributed by atoms with E-state index in [0.29, 0.717) is 11.8 Å². The highest BCUT2D eigenvalue weighted by Crippen LogP contribution is 2.44. The second-order valence-corrected chi connectivity index (χ2v) is 8.12. The van der Waals surface area contributed by atoms with Gasteiger partial charge in [0.25, 0.3) is 0 Å². The highest BCUT2D eigenvalue weighted by molar-refractivity contribution is 6.30. The van der Waals surface area contributed by atoms with Gasteiger partial charge >= 0.3 is 6.18 Å². The summed E-state index contributed by atoms with van der Waals surface area (Å²) in [5.74, 6) is -1.77. The van der Waals surface area contributed by atoms with E-state index in [0.717, 1.165) is 17.0 Å². The summed E-state index contributed by atoms with van der Waals surface area (Å²) >= 11 is 5.87. The summed E-state index contributed by atoms with van der Waals surface area (Å²) in [4.78, 5) is 22.0. The first kappa shape index (κ1) is 23.1. The van der Waals surface area contributed by atoms with Gasteiger partial charge in [0.2, 0.25) is 5.91 Å². The summed E-state index contributed by atoms with van der Waals surface area (Å²) in [5, 5.41) is 20.8.